The summed E-state index contributed by atoms with van der Waals surface area (Å²) in [7, 11) is 0. The van der Waals surface area contributed by atoms with Crippen LogP contribution in [-0.2, 0) is 6.42 Å². The summed E-state index contributed by atoms with van der Waals surface area (Å²) in [5.41, 5.74) is 5.11. The number of allylic oxidation sites excluding steroid dienone is 1. The molecule has 26 heavy (non-hydrogen) atoms. The normalized spacial score (nSPS) is 10.1. The van der Waals surface area contributed by atoms with E-state index in [4.69, 9.17) is 11.6 Å². The molecule has 2 heteroatoms. The second-order valence-electron chi connectivity index (χ2n) is 5.98. The van der Waals surface area contributed by atoms with Crippen LogP contribution in [-0.4, -0.2) is 0 Å². The predicted octanol–water partition coefficient (Wildman–Crippen LogP) is 6.66. The lowest BCUT2D eigenvalue weighted by atomic mass is 10.0. The van der Waals surface area contributed by atoms with Gasteiger partial charge in [0, 0.05) is 11.1 Å². The van der Waals surface area contributed by atoms with E-state index in [1.165, 1.54) is 23.3 Å². The smallest absolute Gasteiger partial charge is 0.143 e. The van der Waals surface area contributed by atoms with E-state index in [0.29, 0.717) is 5.56 Å². The fourth-order valence-corrected chi connectivity index (χ4v) is 2.71. The van der Waals surface area contributed by atoms with Crippen LogP contribution >= 0.6 is 11.6 Å². The highest BCUT2D eigenvalue weighted by Gasteiger charge is 2.00. The SMILES string of the molecule is C=CCCc1ccc(-c2ccc(C#Cc3ccc(Cl)c(F)c3)cc2)cc1. The first-order valence-corrected chi connectivity index (χ1v) is 8.81. The van der Waals surface area contributed by atoms with Crippen molar-refractivity contribution in [3.8, 4) is 23.0 Å². The van der Waals surface area contributed by atoms with Crippen LogP contribution in [0.15, 0.2) is 79.4 Å². The van der Waals surface area contributed by atoms with Gasteiger partial charge in [-0.3, -0.25) is 0 Å². The van der Waals surface area contributed by atoms with Crippen LogP contribution in [0, 0.1) is 17.7 Å². The summed E-state index contributed by atoms with van der Waals surface area (Å²) in [5.74, 6) is 5.55. The first-order valence-electron chi connectivity index (χ1n) is 8.43. The summed E-state index contributed by atoms with van der Waals surface area (Å²) in [6.45, 7) is 3.76. The molecule has 0 amide bonds. The average molecular weight is 361 g/mol. The van der Waals surface area contributed by atoms with E-state index in [1.54, 1.807) is 6.07 Å². The third-order valence-corrected chi connectivity index (χ3v) is 4.39. The number of rotatable bonds is 4. The van der Waals surface area contributed by atoms with Crippen LogP contribution in [0.25, 0.3) is 11.1 Å². The highest BCUT2D eigenvalue weighted by atomic mass is 35.5. The monoisotopic (exact) mass is 360 g/mol. The Morgan fingerprint density at radius 1 is 0.846 bits per heavy atom. The Balaban J connectivity index is 1.73. The molecule has 0 saturated heterocycles. The fraction of sp³-hybridized carbons (Fsp3) is 0.0833. The zero-order valence-electron chi connectivity index (χ0n) is 14.3. The molecule has 0 unspecified atom stereocenters. The molecule has 0 aliphatic carbocycles. The van der Waals surface area contributed by atoms with E-state index in [0.717, 1.165) is 24.0 Å². The fourth-order valence-electron chi connectivity index (χ4n) is 2.60. The molecule has 0 saturated carbocycles. The van der Waals surface area contributed by atoms with Crippen molar-refractivity contribution in [2.45, 2.75) is 12.8 Å². The molecular weight excluding hydrogens is 343 g/mol. The molecule has 3 aromatic carbocycles. The molecular formula is C24H18ClF. The van der Waals surface area contributed by atoms with Gasteiger partial charge < -0.3 is 0 Å². The van der Waals surface area contributed by atoms with Crippen LogP contribution in [0.3, 0.4) is 0 Å². The van der Waals surface area contributed by atoms with E-state index < -0.39 is 5.82 Å². The lowest BCUT2D eigenvalue weighted by Gasteiger charge is -2.04. The van der Waals surface area contributed by atoms with E-state index in [2.05, 4.69) is 42.7 Å². The Morgan fingerprint density at radius 3 is 2.04 bits per heavy atom. The van der Waals surface area contributed by atoms with Crippen molar-refractivity contribution in [3.63, 3.8) is 0 Å². The Morgan fingerprint density at radius 2 is 1.42 bits per heavy atom. The van der Waals surface area contributed by atoms with Crippen LogP contribution in [0.1, 0.15) is 23.1 Å². The number of halogens is 2. The lowest BCUT2D eigenvalue weighted by molar-refractivity contribution is 0.628. The molecule has 0 nitrogen and oxygen atoms in total. The van der Waals surface area contributed by atoms with Gasteiger partial charge in [0.1, 0.15) is 5.82 Å². The maximum atomic E-state index is 13.4. The van der Waals surface area contributed by atoms with Crippen LogP contribution in [0.4, 0.5) is 4.39 Å². The summed E-state index contributed by atoms with van der Waals surface area (Å²) < 4.78 is 13.4. The maximum Gasteiger partial charge on any atom is 0.143 e. The van der Waals surface area contributed by atoms with E-state index in [9.17, 15) is 4.39 Å². The molecule has 0 aliphatic rings. The molecule has 3 aromatic rings. The molecule has 0 N–H and O–H groups in total. The first-order chi connectivity index (χ1) is 12.7. The second-order valence-corrected chi connectivity index (χ2v) is 6.39. The van der Waals surface area contributed by atoms with Gasteiger partial charge in [-0.05, 0) is 59.9 Å². The van der Waals surface area contributed by atoms with Gasteiger partial charge in [-0.1, -0.05) is 65.9 Å². The summed E-state index contributed by atoms with van der Waals surface area (Å²) in [6, 6.07) is 21.2. The quantitative estimate of drug-likeness (QED) is 0.360. The van der Waals surface area contributed by atoms with Gasteiger partial charge in [0.05, 0.1) is 5.02 Å². The minimum atomic E-state index is -0.453. The van der Waals surface area contributed by atoms with Crippen LogP contribution in [0.5, 0.6) is 0 Å². The number of hydrogen-bond acceptors (Lipinski definition) is 0. The van der Waals surface area contributed by atoms with Gasteiger partial charge in [-0.2, -0.15) is 0 Å². The number of benzene rings is 3. The van der Waals surface area contributed by atoms with Gasteiger partial charge in [0.15, 0.2) is 0 Å². The molecule has 0 bridgehead atoms. The Labute approximate surface area is 159 Å². The molecule has 0 spiro atoms. The third kappa shape index (κ3) is 4.63. The summed E-state index contributed by atoms with van der Waals surface area (Å²) in [5, 5.41) is 0.107. The van der Waals surface area contributed by atoms with Gasteiger partial charge in [-0.15, -0.1) is 6.58 Å². The third-order valence-electron chi connectivity index (χ3n) is 4.08. The highest BCUT2D eigenvalue weighted by Crippen LogP contribution is 2.21. The van der Waals surface area contributed by atoms with E-state index in [-0.39, 0.29) is 5.02 Å². The topological polar surface area (TPSA) is 0 Å². The second kappa shape index (κ2) is 8.52. The first kappa shape index (κ1) is 18.0. The predicted molar refractivity (Wildman–Crippen MR) is 108 cm³/mol. The molecule has 0 fully saturated rings. The Bertz CT molecular complexity index is 958. The minimum absolute atomic E-state index is 0.107. The van der Waals surface area contributed by atoms with Crippen molar-refractivity contribution in [1.29, 1.82) is 0 Å². The van der Waals surface area contributed by atoms with Crippen molar-refractivity contribution < 1.29 is 4.39 Å². The Hall–Kier alpha value is -2.82. The summed E-state index contributed by atoms with van der Waals surface area (Å²) in [6.07, 6.45) is 3.94. The van der Waals surface area contributed by atoms with E-state index in [1.807, 2.05) is 30.3 Å². The minimum Gasteiger partial charge on any atom is -0.205 e. The van der Waals surface area contributed by atoms with Gasteiger partial charge in [0.25, 0.3) is 0 Å². The van der Waals surface area contributed by atoms with Crippen molar-refractivity contribution >= 4 is 11.6 Å². The molecule has 0 aliphatic heterocycles. The summed E-state index contributed by atoms with van der Waals surface area (Å²) >= 11 is 5.68. The molecule has 0 aromatic heterocycles. The van der Waals surface area contributed by atoms with Crippen molar-refractivity contribution in [1.82, 2.24) is 0 Å². The maximum absolute atomic E-state index is 13.4. The largest absolute Gasteiger partial charge is 0.205 e. The highest BCUT2D eigenvalue weighted by molar-refractivity contribution is 6.30. The van der Waals surface area contributed by atoms with Crippen LogP contribution < -0.4 is 0 Å². The van der Waals surface area contributed by atoms with Gasteiger partial charge in [-0.25, -0.2) is 4.39 Å². The molecule has 128 valence electrons. The number of hydrogen-bond donors (Lipinski definition) is 0. The van der Waals surface area contributed by atoms with Gasteiger partial charge >= 0.3 is 0 Å². The van der Waals surface area contributed by atoms with Crippen molar-refractivity contribution in [2.75, 3.05) is 0 Å². The molecule has 0 atom stereocenters. The molecule has 0 heterocycles. The zero-order valence-corrected chi connectivity index (χ0v) is 15.1. The van der Waals surface area contributed by atoms with Crippen molar-refractivity contribution in [3.05, 3.63) is 107 Å². The van der Waals surface area contributed by atoms with Gasteiger partial charge in [0.2, 0.25) is 0 Å². The summed E-state index contributed by atoms with van der Waals surface area (Å²) in [4.78, 5) is 0. The number of aryl methyl sites for hydroxylation is 1. The average Bonchev–Trinajstić information content (AvgIpc) is 2.68. The van der Waals surface area contributed by atoms with Crippen LogP contribution in [0.2, 0.25) is 5.02 Å². The standard InChI is InChI=1S/C24H18ClF/c1-2-3-4-18-7-12-21(13-8-18)22-14-9-19(10-15-22)5-6-20-11-16-23(25)24(26)17-20/h2,7-17H,1,3-4H2. The van der Waals surface area contributed by atoms with Crippen molar-refractivity contribution in [2.24, 2.45) is 0 Å². The Kier molecular flexibility index (Phi) is 5.89. The molecule has 3 rings (SSSR count). The van der Waals surface area contributed by atoms with E-state index >= 15 is 0 Å². The zero-order chi connectivity index (χ0) is 18.4. The lowest BCUT2D eigenvalue weighted by Crippen LogP contribution is -1.84. The molecule has 0 radical (unpaired) electrons.